The fourth-order valence-corrected chi connectivity index (χ4v) is 4.37. The minimum atomic E-state index is -0.165. The van der Waals surface area contributed by atoms with E-state index >= 15 is 0 Å². The number of carbonyl (C=O) groups excluding carboxylic acids is 1. The van der Waals surface area contributed by atoms with E-state index in [-0.39, 0.29) is 24.1 Å². The molecule has 0 saturated carbocycles. The molecule has 0 aliphatic carbocycles. The highest BCUT2D eigenvalue weighted by atomic mass is 16.7. The molecule has 3 aliphatic rings. The van der Waals surface area contributed by atoms with Crippen LogP contribution in [0.25, 0.3) is 6.08 Å². The van der Waals surface area contributed by atoms with Gasteiger partial charge in [0.15, 0.2) is 17.3 Å². The zero-order valence-electron chi connectivity index (χ0n) is 17.8. The largest absolute Gasteiger partial charge is 0.507 e. The van der Waals surface area contributed by atoms with E-state index in [9.17, 15) is 9.90 Å². The number of hydrogen-bond donors (Lipinski definition) is 1. The summed E-state index contributed by atoms with van der Waals surface area (Å²) in [5.74, 6) is 2.08. The molecule has 7 nitrogen and oxygen atoms in total. The molecule has 3 heterocycles. The number of benzene rings is 2. The molecular weight excluding hydrogens is 396 g/mol. The van der Waals surface area contributed by atoms with E-state index in [1.807, 2.05) is 25.1 Å². The highest BCUT2D eigenvalue weighted by Crippen LogP contribution is 2.43. The maximum absolute atomic E-state index is 13.1. The Hall–Kier alpha value is -3.03. The lowest BCUT2D eigenvalue weighted by atomic mass is 9.99. The molecule has 31 heavy (non-hydrogen) atoms. The molecule has 0 amide bonds. The molecule has 3 aliphatic heterocycles. The normalized spacial score (nSPS) is 19.7. The summed E-state index contributed by atoms with van der Waals surface area (Å²) in [6.45, 7) is 9.63. The van der Waals surface area contributed by atoms with Crippen LogP contribution in [0.1, 0.15) is 34.0 Å². The Morgan fingerprint density at radius 1 is 1.06 bits per heavy atom. The van der Waals surface area contributed by atoms with Gasteiger partial charge in [-0.3, -0.25) is 9.69 Å². The molecular formula is C24H26N2O5. The van der Waals surface area contributed by atoms with Crippen molar-refractivity contribution in [3.63, 3.8) is 0 Å². The van der Waals surface area contributed by atoms with Gasteiger partial charge in [-0.1, -0.05) is 13.0 Å². The number of phenolic OH excluding ortho intramolecular Hbond substituents is 1. The van der Waals surface area contributed by atoms with Crippen LogP contribution in [-0.2, 0) is 6.54 Å². The number of fused-ring (bicyclic) bond motifs is 2. The van der Waals surface area contributed by atoms with E-state index in [0.29, 0.717) is 40.5 Å². The van der Waals surface area contributed by atoms with E-state index in [1.54, 1.807) is 12.1 Å². The third kappa shape index (κ3) is 3.64. The number of hydrogen-bond acceptors (Lipinski definition) is 7. The van der Waals surface area contributed by atoms with Gasteiger partial charge >= 0.3 is 0 Å². The summed E-state index contributed by atoms with van der Waals surface area (Å²) in [6.07, 6.45) is 1.71. The van der Waals surface area contributed by atoms with Crippen LogP contribution in [0.2, 0.25) is 0 Å². The van der Waals surface area contributed by atoms with Gasteiger partial charge in [-0.2, -0.15) is 0 Å². The molecule has 0 bridgehead atoms. The first-order valence-electron chi connectivity index (χ1n) is 10.7. The van der Waals surface area contributed by atoms with E-state index in [4.69, 9.17) is 14.2 Å². The molecule has 1 saturated heterocycles. The topological polar surface area (TPSA) is 71.5 Å². The maximum atomic E-state index is 13.1. The zero-order chi connectivity index (χ0) is 21.5. The van der Waals surface area contributed by atoms with E-state index < -0.39 is 0 Å². The number of ketones is 1. The fourth-order valence-electron chi connectivity index (χ4n) is 4.37. The highest BCUT2D eigenvalue weighted by molar-refractivity contribution is 6.15. The fraction of sp³-hybridized carbons (Fsp3) is 0.375. The summed E-state index contributed by atoms with van der Waals surface area (Å²) in [5, 5.41) is 10.7. The Bertz CT molecular complexity index is 1070. The summed E-state index contributed by atoms with van der Waals surface area (Å²) in [5.41, 5.74) is 2.71. The molecule has 1 N–H and O–H groups in total. The molecule has 1 fully saturated rings. The zero-order valence-corrected chi connectivity index (χ0v) is 17.8. The number of aromatic hydroxyl groups is 1. The molecule has 0 unspecified atom stereocenters. The monoisotopic (exact) mass is 422 g/mol. The number of rotatable bonds is 4. The van der Waals surface area contributed by atoms with Crippen molar-refractivity contribution in [2.24, 2.45) is 0 Å². The second kappa shape index (κ2) is 7.90. The number of aryl methyl sites for hydroxylation is 1. The third-order valence-corrected chi connectivity index (χ3v) is 6.21. The Kier molecular flexibility index (Phi) is 5.08. The molecule has 2 aromatic rings. The van der Waals surface area contributed by atoms with E-state index in [0.717, 1.165) is 38.3 Å². The van der Waals surface area contributed by atoms with E-state index in [2.05, 4.69) is 16.7 Å². The van der Waals surface area contributed by atoms with Crippen molar-refractivity contribution >= 4 is 11.9 Å². The van der Waals surface area contributed by atoms with Crippen LogP contribution in [-0.4, -0.2) is 60.2 Å². The number of nitrogens with zero attached hydrogens (tertiary/aromatic N) is 2. The van der Waals surface area contributed by atoms with Crippen LogP contribution in [0.5, 0.6) is 23.0 Å². The van der Waals surface area contributed by atoms with E-state index in [1.165, 1.54) is 0 Å². The predicted octanol–water partition coefficient (Wildman–Crippen LogP) is 3.18. The van der Waals surface area contributed by atoms with Gasteiger partial charge in [-0.05, 0) is 48.9 Å². The number of allylic oxidation sites excluding steroid dienone is 1. The summed E-state index contributed by atoms with van der Waals surface area (Å²) >= 11 is 0. The van der Waals surface area contributed by atoms with Crippen LogP contribution in [0, 0.1) is 6.92 Å². The molecule has 0 radical (unpaired) electrons. The van der Waals surface area contributed by atoms with Crippen LogP contribution in [0.15, 0.2) is 30.0 Å². The second-order valence-corrected chi connectivity index (χ2v) is 8.16. The van der Waals surface area contributed by atoms with Crippen molar-refractivity contribution in [3.8, 4) is 23.0 Å². The molecule has 2 aromatic carbocycles. The van der Waals surface area contributed by atoms with Crippen LogP contribution in [0.4, 0.5) is 0 Å². The second-order valence-electron chi connectivity index (χ2n) is 8.16. The van der Waals surface area contributed by atoms with Crippen molar-refractivity contribution in [1.82, 2.24) is 9.80 Å². The standard InChI is InChI=1S/C24H26N2O5/c1-3-25-6-8-26(9-7-25)13-17-18(27)10-15(2)22-23(28)21(31-24(17)22)12-16-4-5-19-20(11-16)30-14-29-19/h4-5,10-12,27H,3,6-9,13-14H2,1-2H3/b21-12-. The lowest BCUT2D eigenvalue weighted by Crippen LogP contribution is -2.45. The number of Topliss-reactive ketones (excluding diaryl/α,β-unsaturated/α-hetero) is 1. The van der Waals surface area contributed by atoms with Crippen LogP contribution in [0.3, 0.4) is 0 Å². The lowest BCUT2D eigenvalue weighted by Gasteiger charge is -2.34. The smallest absolute Gasteiger partial charge is 0.232 e. The van der Waals surface area contributed by atoms with Gasteiger partial charge in [0.25, 0.3) is 0 Å². The van der Waals surface area contributed by atoms with Crippen molar-refractivity contribution < 1.29 is 24.1 Å². The van der Waals surface area contributed by atoms with Gasteiger partial charge in [0.2, 0.25) is 12.6 Å². The summed E-state index contributed by atoms with van der Waals surface area (Å²) in [6, 6.07) is 7.17. The van der Waals surface area contributed by atoms with Gasteiger partial charge in [-0.15, -0.1) is 0 Å². The third-order valence-electron chi connectivity index (χ3n) is 6.21. The predicted molar refractivity (Wildman–Crippen MR) is 116 cm³/mol. The first-order chi connectivity index (χ1) is 15.0. The molecule has 0 spiro atoms. The lowest BCUT2D eigenvalue weighted by molar-refractivity contribution is 0.101. The number of carbonyl (C=O) groups is 1. The molecule has 5 rings (SSSR count). The molecule has 162 valence electrons. The Labute approximate surface area is 181 Å². The van der Waals surface area contributed by atoms with Crippen LogP contribution >= 0.6 is 0 Å². The minimum Gasteiger partial charge on any atom is -0.507 e. The number of likely N-dealkylation sites (N-methyl/N-ethyl adjacent to an activating group) is 1. The Balaban J connectivity index is 1.44. The van der Waals surface area contributed by atoms with Gasteiger partial charge in [0.05, 0.1) is 11.1 Å². The molecule has 7 heteroatoms. The SMILES string of the molecule is CCN1CCN(Cc2c(O)cc(C)c3c2O/C(=C\c2ccc4c(c2)OCO4)C3=O)CC1. The van der Waals surface area contributed by atoms with Gasteiger partial charge in [-0.25, -0.2) is 0 Å². The highest BCUT2D eigenvalue weighted by Gasteiger charge is 2.34. The first kappa shape index (κ1) is 19.9. The average molecular weight is 422 g/mol. The van der Waals surface area contributed by atoms with Crippen molar-refractivity contribution in [1.29, 1.82) is 0 Å². The van der Waals surface area contributed by atoms with Crippen molar-refractivity contribution in [3.05, 3.63) is 52.3 Å². The summed E-state index contributed by atoms with van der Waals surface area (Å²) in [4.78, 5) is 17.8. The van der Waals surface area contributed by atoms with Crippen molar-refractivity contribution in [2.45, 2.75) is 20.4 Å². The maximum Gasteiger partial charge on any atom is 0.232 e. The quantitative estimate of drug-likeness (QED) is 0.759. The van der Waals surface area contributed by atoms with Crippen molar-refractivity contribution in [2.75, 3.05) is 39.5 Å². The van der Waals surface area contributed by atoms with Gasteiger partial charge in [0, 0.05) is 32.7 Å². The Morgan fingerprint density at radius 3 is 2.58 bits per heavy atom. The number of piperazine rings is 1. The minimum absolute atomic E-state index is 0.165. The van der Waals surface area contributed by atoms with Crippen LogP contribution < -0.4 is 14.2 Å². The van der Waals surface area contributed by atoms with Gasteiger partial charge in [0.1, 0.15) is 11.5 Å². The Morgan fingerprint density at radius 2 is 1.81 bits per heavy atom. The summed E-state index contributed by atoms with van der Waals surface area (Å²) < 4.78 is 16.8. The molecule has 0 atom stereocenters. The number of ether oxygens (including phenoxy) is 3. The molecule has 0 aromatic heterocycles. The average Bonchev–Trinajstić information content (AvgIpc) is 3.36. The van der Waals surface area contributed by atoms with Gasteiger partial charge < -0.3 is 24.2 Å². The summed E-state index contributed by atoms with van der Waals surface area (Å²) in [7, 11) is 0. The number of phenols is 1. The first-order valence-corrected chi connectivity index (χ1v) is 10.7.